The van der Waals surface area contributed by atoms with Crippen LogP contribution in [0.4, 0.5) is 0 Å². The van der Waals surface area contributed by atoms with Gasteiger partial charge in [0.15, 0.2) is 0 Å². The van der Waals surface area contributed by atoms with Crippen molar-refractivity contribution >= 4 is 21.3 Å². The topological polar surface area (TPSA) is 49.7 Å². The van der Waals surface area contributed by atoms with Crippen LogP contribution < -0.4 is 0 Å². The maximum atomic E-state index is 11.4. The molecule has 0 aromatic carbocycles. The first kappa shape index (κ1) is 9.48. The zero-order chi connectivity index (χ0) is 9.35. The first-order valence-corrected chi connectivity index (χ1v) is 5.69. The fraction of sp³-hybridized carbons (Fsp3) is 0.500. The number of hydrogen-bond acceptors (Lipinski definition) is 2. The van der Waals surface area contributed by atoms with Gasteiger partial charge in [-0.1, -0.05) is 0 Å². The molecule has 12 heavy (non-hydrogen) atoms. The van der Waals surface area contributed by atoms with E-state index in [1.165, 1.54) is 6.21 Å². The Balaban J connectivity index is 3.20. The monoisotopic (exact) mass is 187 g/mol. The highest BCUT2D eigenvalue weighted by Gasteiger charge is 2.11. The van der Waals surface area contributed by atoms with E-state index in [9.17, 15) is 9.32 Å². The van der Waals surface area contributed by atoms with Crippen molar-refractivity contribution in [3.8, 4) is 0 Å². The van der Waals surface area contributed by atoms with E-state index < -0.39 is 15.8 Å². The second-order valence-electron chi connectivity index (χ2n) is 3.03. The van der Waals surface area contributed by atoms with Gasteiger partial charge in [-0.3, -0.25) is 0 Å². The molecule has 0 aliphatic carbocycles. The number of aliphatic hydroxyl groups excluding tert-OH is 1. The number of aliphatic hydroxyl groups is 1. The first-order chi connectivity index (χ1) is 5.42. The third-order valence-corrected chi connectivity index (χ3v) is 3.02. The summed E-state index contributed by atoms with van der Waals surface area (Å²) in [4.78, 5) is 0. The van der Waals surface area contributed by atoms with Crippen molar-refractivity contribution in [1.82, 2.24) is 0 Å². The fourth-order valence-electron chi connectivity index (χ4n) is 1.13. The van der Waals surface area contributed by atoms with Crippen LogP contribution in [0.2, 0.25) is 0 Å². The minimum absolute atomic E-state index is 0.541. The van der Waals surface area contributed by atoms with Gasteiger partial charge in [0.2, 0.25) is 0 Å². The van der Waals surface area contributed by atoms with Crippen molar-refractivity contribution in [1.29, 1.82) is 0 Å². The zero-order valence-corrected chi connectivity index (χ0v) is 8.26. The lowest BCUT2D eigenvalue weighted by Gasteiger charge is -2.12. The number of hydrogen-bond donors (Lipinski definition) is 1. The summed E-state index contributed by atoms with van der Waals surface area (Å²) >= 11 is 0. The van der Waals surface area contributed by atoms with Gasteiger partial charge in [0.05, 0.1) is 15.8 Å². The molecule has 68 valence electrons. The van der Waals surface area contributed by atoms with Gasteiger partial charge in [-0.25, -0.2) is 8.61 Å². The maximum Gasteiger partial charge on any atom is 0.0779 e. The van der Waals surface area contributed by atoms with Crippen molar-refractivity contribution in [2.24, 2.45) is 4.40 Å². The molecule has 0 bridgehead atoms. The van der Waals surface area contributed by atoms with Crippen LogP contribution in [0.15, 0.2) is 15.5 Å². The van der Waals surface area contributed by atoms with Crippen LogP contribution in [-0.2, 0) is 9.71 Å². The van der Waals surface area contributed by atoms with E-state index in [4.69, 9.17) is 0 Å². The van der Waals surface area contributed by atoms with Crippen LogP contribution in [0.1, 0.15) is 13.8 Å². The van der Waals surface area contributed by atoms with Crippen molar-refractivity contribution in [2.75, 3.05) is 6.26 Å². The molecular formula is C8H13NO2S. The Kier molecular flexibility index (Phi) is 2.39. The number of allylic oxidation sites excluding steroid dienone is 1. The van der Waals surface area contributed by atoms with Crippen LogP contribution in [0.25, 0.3) is 0 Å². The molecule has 0 spiro atoms. The Morgan fingerprint density at radius 3 is 2.67 bits per heavy atom. The fourth-order valence-corrected chi connectivity index (χ4v) is 2.30. The van der Waals surface area contributed by atoms with Crippen LogP contribution in [0.5, 0.6) is 0 Å². The highest BCUT2D eigenvalue weighted by atomic mass is 32.2. The van der Waals surface area contributed by atoms with E-state index in [0.717, 1.165) is 11.1 Å². The summed E-state index contributed by atoms with van der Waals surface area (Å²) in [6, 6.07) is 0. The third kappa shape index (κ3) is 1.95. The van der Waals surface area contributed by atoms with E-state index in [1.807, 2.05) is 6.92 Å². The van der Waals surface area contributed by atoms with Crippen molar-refractivity contribution in [3.05, 3.63) is 11.1 Å². The Labute approximate surface area is 73.0 Å². The Hall–Kier alpha value is -0.610. The quantitative estimate of drug-likeness (QED) is 0.604. The molecule has 1 unspecified atom stereocenters. The van der Waals surface area contributed by atoms with Gasteiger partial charge in [-0.05, 0) is 19.4 Å². The minimum atomic E-state index is -2.17. The predicted octanol–water partition coefficient (Wildman–Crippen LogP) is 0.400. The third-order valence-electron chi connectivity index (χ3n) is 1.70. The average Bonchev–Trinajstić information content (AvgIpc) is 1.83. The Morgan fingerprint density at radius 1 is 1.67 bits per heavy atom. The minimum Gasteiger partial charge on any atom is -0.389 e. The SMILES string of the molecule is CC1=C([C@H](C)O)C=NS(C)(=O)=C1. The molecule has 1 N–H and O–H groups in total. The van der Waals surface area contributed by atoms with Gasteiger partial charge in [-0.15, -0.1) is 0 Å². The highest BCUT2D eigenvalue weighted by molar-refractivity contribution is 7.99. The highest BCUT2D eigenvalue weighted by Crippen LogP contribution is 2.11. The molecule has 0 saturated carbocycles. The lowest BCUT2D eigenvalue weighted by molar-refractivity contribution is 0.238. The van der Waals surface area contributed by atoms with Crippen LogP contribution in [0.3, 0.4) is 0 Å². The Bertz CT molecular complexity index is 357. The lowest BCUT2D eigenvalue weighted by Crippen LogP contribution is -2.15. The molecule has 4 heteroatoms. The summed E-state index contributed by atoms with van der Waals surface area (Å²) in [5.74, 6) is 0. The van der Waals surface area contributed by atoms with Gasteiger partial charge in [-0.2, -0.15) is 0 Å². The molecule has 0 fully saturated rings. The van der Waals surface area contributed by atoms with Gasteiger partial charge in [0, 0.05) is 23.4 Å². The molecule has 3 nitrogen and oxygen atoms in total. The summed E-state index contributed by atoms with van der Waals surface area (Å²) < 4.78 is 15.3. The molecular weight excluding hydrogens is 174 g/mol. The predicted molar refractivity (Wildman–Crippen MR) is 53.0 cm³/mol. The maximum absolute atomic E-state index is 11.4. The van der Waals surface area contributed by atoms with E-state index in [2.05, 4.69) is 4.40 Å². The van der Waals surface area contributed by atoms with Crippen molar-refractivity contribution < 1.29 is 9.32 Å². The standard InChI is InChI=1S/C8H13NO2S/c1-6-5-12(3,11)9-4-8(6)7(2)10/h4-5,7,10H,1-3H3/t7-,12?/m0/s1. The summed E-state index contributed by atoms with van der Waals surface area (Å²) in [7, 11) is -2.17. The van der Waals surface area contributed by atoms with E-state index in [0.29, 0.717) is 0 Å². The smallest absolute Gasteiger partial charge is 0.0779 e. The van der Waals surface area contributed by atoms with Gasteiger partial charge < -0.3 is 5.11 Å². The first-order valence-electron chi connectivity index (χ1n) is 3.70. The molecule has 0 radical (unpaired) electrons. The van der Waals surface area contributed by atoms with Gasteiger partial charge in [0.1, 0.15) is 0 Å². The van der Waals surface area contributed by atoms with Crippen LogP contribution >= 0.6 is 0 Å². The van der Waals surface area contributed by atoms with E-state index >= 15 is 0 Å². The van der Waals surface area contributed by atoms with E-state index in [-0.39, 0.29) is 0 Å². The van der Waals surface area contributed by atoms with Gasteiger partial charge in [0.25, 0.3) is 0 Å². The van der Waals surface area contributed by atoms with Gasteiger partial charge >= 0.3 is 0 Å². The second kappa shape index (κ2) is 3.03. The van der Waals surface area contributed by atoms with Crippen LogP contribution in [-0.4, -0.2) is 33.3 Å². The molecule has 1 aliphatic heterocycles. The largest absolute Gasteiger partial charge is 0.389 e. The molecule has 0 amide bonds. The van der Waals surface area contributed by atoms with Crippen molar-refractivity contribution in [2.45, 2.75) is 20.0 Å². The summed E-state index contributed by atoms with van der Waals surface area (Å²) in [6.45, 7) is 3.50. The summed E-state index contributed by atoms with van der Waals surface area (Å²) in [5, 5.41) is 10.9. The molecule has 2 atom stereocenters. The number of nitrogens with zero attached hydrogens (tertiary/aromatic N) is 1. The summed E-state index contributed by atoms with van der Waals surface area (Å²) in [5.41, 5.74) is 1.60. The average molecular weight is 187 g/mol. The lowest BCUT2D eigenvalue weighted by atomic mass is 10.1. The second-order valence-corrected chi connectivity index (χ2v) is 5.20. The molecule has 0 aromatic rings. The molecule has 1 aliphatic rings. The van der Waals surface area contributed by atoms with Crippen molar-refractivity contribution in [3.63, 3.8) is 0 Å². The summed E-state index contributed by atoms with van der Waals surface area (Å²) in [6.07, 6.45) is 2.54. The molecule has 0 aromatic heterocycles. The normalized spacial score (nSPS) is 31.7. The van der Waals surface area contributed by atoms with Crippen LogP contribution in [0, 0.1) is 0 Å². The van der Waals surface area contributed by atoms with E-state index in [1.54, 1.807) is 18.5 Å². The Morgan fingerprint density at radius 2 is 2.25 bits per heavy atom. The molecule has 1 rings (SSSR count). The zero-order valence-electron chi connectivity index (χ0n) is 7.44. The number of rotatable bonds is 1. The molecule has 0 saturated heterocycles. The molecule has 1 heterocycles.